The maximum Gasteiger partial charge on any atom is 0.490 e. The molecule has 0 radical (unpaired) electrons. The van der Waals surface area contributed by atoms with Gasteiger partial charge in [0.25, 0.3) is 0 Å². The van der Waals surface area contributed by atoms with Gasteiger partial charge in [0.1, 0.15) is 0 Å². The summed E-state index contributed by atoms with van der Waals surface area (Å²) in [4.78, 5) is 0. The summed E-state index contributed by atoms with van der Waals surface area (Å²) in [5.74, 6) is 0. The third-order valence-corrected chi connectivity index (χ3v) is 6.93. The molecule has 2 N–H and O–H groups in total. The van der Waals surface area contributed by atoms with Crippen molar-refractivity contribution in [2.45, 2.75) is 0 Å². The van der Waals surface area contributed by atoms with E-state index in [2.05, 4.69) is 63.7 Å². The highest BCUT2D eigenvalue weighted by atomic mass is 16.4. The fourth-order valence-electron chi connectivity index (χ4n) is 5.46. The lowest BCUT2D eigenvalue weighted by molar-refractivity contribution is 0.425. The predicted molar refractivity (Wildman–Crippen MR) is 145 cm³/mol. The summed E-state index contributed by atoms with van der Waals surface area (Å²) < 4.78 is 4.33. The molecule has 0 saturated carbocycles. The Hall–Kier alpha value is -4.32. The smallest absolute Gasteiger partial charge is 0.423 e. The molecule has 4 nitrogen and oxygen atoms in total. The maximum absolute atomic E-state index is 10.6. The lowest BCUT2D eigenvalue weighted by Crippen LogP contribution is -2.33. The van der Waals surface area contributed by atoms with E-state index in [9.17, 15) is 10.0 Å². The molecular formula is C30H21BN2O2. The molecule has 5 aromatic carbocycles. The second-order valence-electron chi connectivity index (χ2n) is 8.86. The molecule has 0 aliphatic carbocycles. The van der Waals surface area contributed by atoms with Crippen LogP contribution < -0.4 is 5.46 Å². The lowest BCUT2D eigenvalue weighted by Gasteiger charge is -2.15. The first kappa shape index (κ1) is 20.1. The first-order valence-electron chi connectivity index (χ1n) is 11.7. The average Bonchev–Trinajstić information content (AvgIpc) is 3.41. The molecule has 0 saturated heterocycles. The molecule has 0 amide bonds. The fourth-order valence-corrected chi connectivity index (χ4v) is 5.46. The number of nitrogens with zero attached hydrogens (tertiary/aromatic N) is 2. The van der Waals surface area contributed by atoms with Gasteiger partial charge in [-0.25, -0.2) is 0 Å². The van der Waals surface area contributed by atoms with Crippen LogP contribution in [0.25, 0.3) is 55.0 Å². The molecule has 7 aromatic rings. The van der Waals surface area contributed by atoms with Gasteiger partial charge >= 0.3 is 7.12 Å². The van der Waals surface area contributed by atoms with Gasteiger partial charge in [0.15, 0.2) is 0 Å². The molecule has 35 heavy (non-hydrogen) atoms. The van der Waals surface area contributed by atoms with E-state index in [0.717, 1.165) is 55.0 Å². The monoisotopic (exact) mass is 452 g/mol. The van der Waals surface area contributed by atoms with Gasteiger partial charge in [-0.1, -0.05) is 72.8 Å². The van der Waals surface area contributed by atoms with Crippen molar-refractivity contribution < 1.29 is 10.0 Å². The molecule has 0 unspecified atom stereocenters. The Bertz CT molecular complexity index is 1830. The van der Waals surface area contributed by atoms with Crippen LogP contribution in [0, 0.1) is 0 Å². The second kappa shape index (κ2) is 7.60. The third kappa shape index (κ3) is 2.89. The Morgan fingerprint density at radius 1 is 0.457 bits per heavy atom. The van der Waals surface area contributed by atoms with Crippen molar-refractivity contribution in [1.82, 2.24) is 9.13 Å². The first-order valence-corrected chi connectivity index (χ1v) is 11.7. The Morgan fingerprint density at radius 3 is 1.51 bits per heavy atom. The molecule has 0 spiro atoms. The zero-order valence-corrected chi connectivity index (χ0v) is 18.8. The Balaban J connectivity index is 1.66. The van der Waals surface area contributed by atoms with Crippen molar-refractivity contribution in [3.63, 3.8) is 0 Å². The molecule has 0 aliphatic rings. The Labute approximate surface area is 202 Å². The molecule has 2 heterocycles. The number of hydrogen-bond donors (Lipinski definition) is 2. The van der Waals surface area contributed by atoms with E-state index >= 15 is 0 Å². The van der Waals surface area contributed by atoms with Gasteiger partial charge in [0, 0.05) is 38.4 Å². The summed E-state index contributed by atoms with van der Waals surface area (Å²) in [6, 6.07) is 39.0. The van der Waals surface area contributed by atoms with Crippen LogP contribution in [0.3, 0.4) is 0 Å². The molecule has 0 atom stereocenters. The van der Waals surface area contributed by atoms with Gasteiger partial charge in [-0.15, -0.1) is 0 Å². The number of para-hydroxylation sites is 4. The van der Waals surface area contributed by atoms with Gasteiger partial charge in [-0.3, -0.25) is 0 Å². The second-order valence-corrected chi connectivity index (χ2v) is 8.86. The normalized spacial score (nSPS) is 11.7. The predicted octanol–water partition coefficient (Wildman–Crippen LogP) is 5.56. The van der Waals surface area contributed by atoms with Crippen LogP contribution in [-0.2, 0) is 0 Å². The number of fused-ring (bicyclic) bond motifs is 6. The quantitative estimate of drug-likeness (QED) is 0.345. The van der Waals surface area contributed by atoms with Crippen molar-refractivity contribution in [1.29, 1.82) is 0 Å². The number of hydrogen-bond acceptors (Lipinski definition) is 2. The zero-order chi connectivity index (χ0) is 23.5. The van der Waals surface area contributed by atoms with Gasteiger partial charge in [-0.05, 0) is 42.5 Å². The molecule has 5 heteroatoms. The van der Waals surface area contributed by atoms with E-state index in [4.69, 9.17) is 0 Å². The van der Waals surface area contributed by atoms with Crippen LogP contribution >= 0.6 is 0 Å². The zero-order valence-electron chi connectivity index (χ0n) is 18.8. The van der Waals surface area contributed by atoms with E-state index in [1.807, 2.05) is 60.7 Å². The van der Waals surface area contributed by atoms with Crippen molar-refractivity contribution in [3.05, 3.63) is 115 Å². The molecule has 166 valence electrons. The SMILES string of the molecule is OB(O)c1cc2c(cc1-n1c3ccccc3c3ccccc31)c1ccccc1n2-c1ccccc1. The van der Waals surface area contributed by atoms with Gasteiger partial charge in [-0.2, -0.15) is 0 Å². The van der Waals surface area contributed by atoms with Crippen LogP contribution in [-0.4, -0.2) is 26.3 Å². The number of rotatable bonds is 3. The highest BCUT2D eigenvalue weighted by Gasteiger charge is 2.24. The minimum absolute atomic E-state index is 0.462. The summed E-state index contributed by atoms with van der Waals surface area (Å²) in [6.07, 6.45) is 0. The van der Waals surface area contributed by atoms with Crippen molar-refractivity contribution in [3.8, 4) is 11.4 Å². The van der Waals surface area contributed by atoms with E-state index in [0.29, 0.717) is 5.46 Å². The average molecular weight is 452 g/mol. The van der Waals surface area contributed by atoms with Crippen LogP contribution in [0.15, 0.2) is 115 Å². The third-order valence-electron chi connectivity index (χ3n) is 6.93. The highest BCUT2D eigenvalue weighted by Crippen LogP contribution is 2.36. The van der Waals surface area contributed by atoms with Crippen molar-refractivity contribution in [2.75, 3.05) is 0 Å². The summed E-state index contributed by atoms with van der Waals surface area (Å²) >= 11 is 0. The van der Waals surface area contributed by atoms with Crippen LogP contribution in [0.5, 0.6) is 0 Å². The summed E-state index contributed by atoms with van der Waals surface area (Å²) in [5, 5.41) is 25.6. The molecule has 0 bridgehead atoms. The lowest BCUT2D eigenvalue weighted by atomic mass is 9.78. The van der Waals surface area contributed by atoms with Gasteiger partial charge in [0.05, 0.1) is 22.1 Å². The standard InChI is InChI=1S/C30H21BN2O2/c34-31(35)25-19-29-24(23-14-6-7-15-26(23)32(29)20-10-2-1-3-11-20)18-30(25)33-27-16-8-4-12-21(27)22-13-5-9-17-28(22)33/h1-19,34-35H. The molecule has 0 fully saturated rings. The minimum atomic E-state index is -1.63. The Kier molecular flexibility index (Phi) is 4.36. The molecule has 7 rings (SSSR count). The van der Waals surface area contributed by atoms with Crippen LogP contribution in [0.1, 0.15) is 0 Å². The summed E-state index contributed by atoms with van der Waals surface area (Å²) in [5.41, 5.74) is 6.33. The summed E-state index contributed by atoms with van der Waals surface area (Å²) in [7, 11) is -1.63. The maximum atomic E-state index is 10.6. The van der Waals surface area contributed by atoms with E-state index < -0.39 is 7.12 Å². The van der Waals surface area contributed by atoms with Crippen molar-refractivity contribution >= 4 is 56.2 Å². The number of aromatic nitrogens is 2. The fraction of sp³-hybridized carbons (Fsp3) is 0. The van der Waals surface area contributed by atoms with Crippen LogP contribution in [0.4, 0.5) is 0 Å². The van der Waals surface area contributed by atoms with E-state index in [1.54, 1.807) is 0 Å². The topological polar surface area (TPSA) is 50.3 Å². The summed E-state index contributed by atoms with van der Waals surface area (Å²) in [6.45, 7) is 0. The largest absolute Gasteiger partial charge is 0.490 e. The van der Waals surface area contributed by atoms with Crippen LogP contribution in [0.2, 0.25) is 0 Å². The highest BCUT2D eigenvalue weighted by molar-refractivity contribution is 6.60. The van der Waals surface area contributed by atoms with E-state index in [-0.39, 0.29) is 0 Å². The van der Waals surface area contributed by atoms with Gasteiger partial charge < -0.3 is 19.2 Å². The molecule has 0 aliphatic heterocycles. The minimum Gasteiger partial charge on any atom is -0.423 e. The first-order chi connectivity index (χ1) is 17.2. The molecule has 2 aromatic heterocycles. The van der Waals surface area contributed by atoms with Gasteiger partial charge in [0.2, 0.25) is 0 Å². The van der Waals surface area contributed by atoms with Crippen molar-refractivity contribution in [2.24, 2.45) is 0 Å². The van der Waals surface area contributed by atoms with E-state index in [1.165, 1.54) is 0 Å². The Morgan fingerprint density at radius 2 is 0.943 bits per heavy atom. The molecular weight excluding hydrogens is 431 g/mol. The number of benzene rings is 5.